The van der Waals surface area contributed by atoms with Crippen molar-refractivity contribution in [1.82, 2.24) is 15.5 Å². The first kappa shape index (κ1) is 26.2. The van der Waals surface area contributed by atoms with Crippen molar-refractivity contribution in [3.8, 4) is 5.75 Å². The number of hydrogen-bond donors (Lipinski definition) is 2. The predicted molar refractivity (Wildman–Crippen MR) is 139 cm³/mol. The second kappa shape index (κ2) is 13.5. The number of aryl methyl sites for hydroxylation is 1. The Labute approximate surface area is 205 Å². The van der Waals surface area contributed by atoms with Crippen LogP contribution in [-0.2, 0) is 11.3 Å². The van der Waals surface area contributed by atoms with E-state index >= 15 is 0 Å². The number of aliphatic imine (C=N–C) groups is 1. The molecule has 2 saturated heterocycles. The third kappa shape index (κ3) is 8.09. The van der Waals surface area contributed by atoms with Gasteiger partial charge in [-0.2, -0.15) is 0 Å². The standard InChI is InChI=1S/C24H40N4O2.HI/c1-18-8-9-22(23(13-18)30-17-21-10-12-29-16-21)15-27-24(25-4)26-14-20(3)28-11-6-5-7-19(28)2;/h8-9,13,19-21H,5-7,10-12,14-17H2,1-4H3,(H2,25,26,27);1H. The molecule has 3 unspecified atom stereocenters. The molecule has 2 aliphatic rings. The Morgan fingerprint density at radius 2 is 2.13 bits per heavy atom. The van der Waals surface area contributed by atoms with Gasteiger partial charge in [0.2, 0.25) is 0 Å². The summed E-state index contributed by atoms with van der Waals surface area (Å²) < 4.78 is 11.6. The summed E-state index contributed by atoms with van der Waals surface area (Å²) in [5.41, 5.74) is 2.36. The Morgan fingerprint density at radius 3 is 2.84 bits per heavy atom. The molecule has 0 aliphatic carbocycles. The number of rotatable bonds is 8. The summed E-state index contributed by atoms with van der Waals surface area (Å²) >= 11 is 0. The van der Waals surface area contributed by atoms with Crippen molar-refractivity contribution in [2.75, 3.05) is 40.0 Å². The molecule has 1 aromatic rings. The molecule has 0 spiro atoms. The maximum absolute atomic E-state index is 6.17. The van der Waals surface area contributed by atoms with E-state index in [1.807, 2.05) is 7.05 Å². The Bertz CT molecular complexity index is 694. The van der Waals surface area contributed by atoms with Crippen molar-refractivity contribution in [2.24, 2.45) is 10.9 Å². The normalized spacial score (nSPS) is 23.2. The zero-order chi connectivity index (χ0) is 21.3. The Kier molecular flexibility index (Phi) is 11.4. The van der Waals surface area contributed by atoms with Crippen LogP contribution in [0, 0.1) is 12.8 Å². The van der Waals surface area contributed by atoms with E-state index < -0.39 is 0 Å². The highest BCUT2D eigenvalue weighted by Crippen LogP contribution is 2.23. The molecule has 0 bridgehead atoms. The highest BCUT2D eigenvalue weighted by molar-refractivity contribution is 14.0. The smallest absolute Gasteiger partial charge is 0.191 e. The minimum absolute atomic E-state index is 0. The maximum Gasteiger partial charge on any atom is 0.191 e. The number of nitrogens with zero attached hydrogens (tertiary/aromatic N) is 2. The zero-order valence-corrected chi connectivity index (χ0v) is 22.0. The first-order valence-corrected chi connectivity index (χ1v) is 11.6. The lowest BCUT2D eigenvalue weighted by atomic mass is 10.0. The molecule has 0 amide bonds. The number of guanidine groups is 1. The van der Waals surface area contributed by atoms with Gasteiger partial charge in [0, 0.05) is 50.3 Å². The van der Waals surface area contributed by atoms with Gasteiger partial charge < -0.3 is 20.1 Å². The van der Waals surface area contributed by atoms with Crippen molar-refractivity contribution in [3.63, 3.8) is 0 Å². The third-order valence-electron chi connectivity index (χ3n) is 6.38. The number of piperidine rings is 1. The molecule has 0 aromatic heterocycles. The number of likely N-dealkylation sites (tertiary alicyclic amines) is 1. The molecular formula is C24H41IN4O2. The van der Waals surface area contributed by atoms with Gasteiger partial charge in [-0.25, -0.2) is 0 Å². The lowest BCUT2D eigenvalue weighted by Crippen LogP contribution is -2.50. The van der Waals surface area contributed by atoms with E-state index in [0.29, 0.717) is 24.5 Å². The molecule has 31 heavy (non-hydrogen) atoms. The summed E-state index contributed by atoms with van der Waals surface area (Å²) in [7, 11) is 1.83. The van der Waals surface area contributed by atoms with Crippen LogP contribution in [0.15, 0.2) is 23.2 Å². The minimum atomic E-state index is 0. The molecule has 1 aromatic carbocycles. The molecule has 3 atom stereocenters. The topological polar surface area (TPSA) is 58.1 Å². The van der Waals surface area contributed by atoms with Crippen LogP contribution in [0.4, 0.5) is 0 Å². The predicted octanol–water partition coefficient (Wildman–Crippen LogP) is 3.96. The second-order valence-corrected chi connectivity index (χ2v) is 8.89. The Morgan fingerprint density at radius 1 is 1.29 bits per heavy atom. The molecule has 2 N–H and O–H groups in total. The molecule has 176 valence electrons. The summed E-state index contributed by atoms with van der Waals surface area (Å²) in [4.78, 5) is 7.03. The molecule has 2 fully saturated rings. The summed E-state index contributed by atoms with van der Waals surface area (Å²) in [6.07, 6.45) is 5.06. The maximum atomic E-state index is 6.17. The second-order valence-electron chi connectivity index (χ2n) is 8.89. The van der Waals surface area contributed by atoms with Gasteiger partial charge >= 0.3 is 0 Å². The Balaban J connectivity index is 0.00000341. The lowest BCUT2D eigenvalue weighted by molar-refractivity contribution is 0.115. The van der Waals surface area contributed by atoms with Crippen molar-refractivity contribution >= 4 is 29.9 Å². The van der Waals surface area contributed by atoms with Crippen LogP contribution < -0.4 is 15.4 Å². The number of halogens is 1. The van der Waals surface area contributed by atoms with Crippen molar-refractivity contribution in [1.29, 1.82) is 0 Å². The number of nitrogens with one attached hydrogen (secondary N) is 2. The Hall–Kier alpha value is -1.06. The van der Waals surface area contributed by atoms with Crippen LogP contribution in [-0.4, -0.2) is 62.9 Å². The van der Waals surface area contributed by atoms with E-state index in [-0.39, 0.29) is 24.0 Å². The number of ether oxygens (including phenoxy) is 2. The van der Waals surface area contributed by atoms with E-state index in [9.17, 15) is 0 Å². The molecule has 0 radical (unpaired) electrons. The van der Waals surface area contributed by atoms with Gasteiger partial charge in [-0.05, 0) is 58.2 Å². The summed E-state index contributed by atoms with van der Waals surface area (Å²) in [5, 5.41) is 6.96. The molecular weight excluding hydrogens is 503 g/mol. The van der Waals surface area contributed by atoms with Gasteiger partial charge in [0.25, 0.3) is 0 Å². The highest BCUT2D eigenvalue weighted by Gasteiger charge is 2.23. The van der Waals surface area contributed by atoms with Gasteiger partial charge in [0.15, 0.2) is 5.96 Å². The summed E-state index contributed by atoms with van der Waals surface area (Å²) in [6, 6.07) is 7.57. The van der Waals surface area contributed by atoms with E-state index in [4.69, 9.17) is 9.47 Å². The first-order valence-electron chi connectivity index (χ1n) is 11.6. The average Bonchev–Trinajstić information content (AvgIpc) is 3.27. The molecule has 3 rings (SSSR count). The van der Waals surface area contributed by atoms with E-state index in [1.165, 1.54) is 31.4 Å². The lowest BCUT2D eigenvalue weighted by Gasteiger charge is -2.38. The van der Waals surface area contributed by atoms with Crippen LogP contribution >= 0.6 is 24.0 Å². The van der Waals surface area contributed by atoms with Crippen LogP contribution in [0.5, 0.6) is 5.75 Å². The van der Waals surface area contributed by atoms with Gasteiger partial charge in [0.1, 0.15) is 5.75 Å². The molecule has 6 nitrogen and oxygen atoms in total. The zero-order valence-electron chi connectivity index (χ0n) is 19.7. The largest absolute Gasteiger partial charge is 0.493 e. The van der Waals surface area contributed by atoms with E-state index in [2.05, 4.69) is 59.5 Å². The summed E-state index contributed by atoms with van der Waals surface area (Å²) in [5.74, 6) is 2.29. The monoisotopic (exact) mass is 544 g/mol. The number of benzene rings is 1. The fraction of sp³-hybridized carbons (Fsp3) is 0.708. The van der Waals surface area contributed by atoms with E-state index in [1.54, 1.807) is 0 Å². The van der Waals surface area contributed by atoms with Gasteiger partial charge in [-0.15, -0.1) is 24.0 Å². The van der Waals surface area contributed by atoms with Crippen molar-refractivity contribution < 1.29 is 9.47 Å². The molecule has 2 heterocycles. The number of hydrogen-bond acceptors (Lipinski definition) is 4. The van der Waals surface area contributed by atoms with Crippen molar-refractivity contribution in [3.05, 3.63) is 29.3 Å². The fourth-order valence-corrected chi connectivity index (χ4v) is 4.40. The average molecular weight is 545 g/mol. The summed E-state index contributed by atoms with van der Waals surface area (Å²) in [6.45, 7) is 11.9. The van der Waals surface area contributed by atoms with Crippen LogP contribution in [0.1, 0.15) is 50.7 Å². The molecule has 7 heteroatoms. The fourth-order valence-electron chi connectivity index (χ4n) is 4.40. The quantitative estimate of drug-likeness (QED) is 0.295. The van der Waals surface area contributed by atoms with Gasteiger partial charge in [-0.1, -0.05) is 18.6 Å². The van der Waals surface area contributed by atoms with E-state index in [0.717, 1.165) is 50.1 Å². The SMILES string of the molecule is CN=C(NCc1ccc(C)cc1OCC1CCOC1)NCC(C)N1CCCCC1C.I. The molecule has 2 aliphatic heterocycles. The first-order chi connectivity index (χ1) is 14.6. The molecule has 0 saturated carbocycles. The minimum Gasteiger partial charge on any atom is -0.493 e. The van der Waals surface area contributed by atoms with Gasteiger partial charge in [-0.3, -0.25) is 9.89 Å². The van der Waals surface area contributed by atoms with Crippen LogP contribution in [0.3, 0.4) is 0 Å². The van der Waals surface area contributed by atoms with Crippen molar-refractivity contribution in [2.45, 2.75) is 65.1 Å². The third-order valence-corrected chi connectivity index (χ3v) is 6.38. The van der Waals surface area contributed by atoms with Gasteiger partial charge in [0.05, 0.1) is 13.2 Å². The van der Waals surface area contributed by atoms with Crippen LogP contribution in [0.25, 0.3) is 0 Å². The highest BCUT2D eigenvalue weighted by atomic mass is 127. The van der Waals surface area contributed by atoms with Crippen LogP contribution in [0.2, 0.25) is 0 Å².